The first-order chi connectivity index (χ1) is 13.2. The number of nitrogens with zero attached hydrogens (tertiary/aromatic N) is 3. The zero-order chi connectivity index (χ0) is 18.4. The molecule has 5 rings (SSSR count). The normalized spacial score (nSPS) is 36.1. The Morgan fingerprint density at radius 3 is 2.44 bits per heavy atom. The van der Waals surface area contributed by atoms with Crippen molar-refractivity contribution in [3.63, 3.8) is 0 Å². The van der Waals surface area contributed by atoms with Crippen LogP contribution in [0.2, 0.25) is 0 Å². The van der Waals surface area contributed by atoms with Crippen LogP contribution < -0.4 is 0 Å². The molecule has 2 bridgehead atoms. The number of hydrogen-bond acceptors (Lipinski definition) is 3. The minimum absolute atomic E-state index is 0.325. The predicted octanol–water partition coefficient (Wildman–Crippen LogP) is 2.50. The number of likely N-dealkylation sites (tertiary alicyclic amines) is 2. The van der Waals surface area contributed by atoms with E-state index in [4.69, 9.17) is 0 Å². The summed E-state index contributed by atoms with van der Waals surface area (Å²) < 4.78 is 0. The van der Waals surface area contributed by atoms with Crippen molar-refractivity contribution in [2.45, 2.75) is 76.3 Å². The predicted molar refractivity (Wildman–Crippen MR) is 104 cm³/mol. The molecule has 4 saturated heterocycles. The Morgan fingerprint density at radius 1 is 0.889 bits per heavy atom. The number of carbonyl (C=O) groups is 2. The Morgan fingerprint density at radius 2 is 1.67 bits per heavy atom. The smallest absolute Gasteiger partial charge is 0.225 e. The molecule has 0 N–H and O–H groups in total. The largest absolute Gasteiger partial charge is 0.342 e. The first-order valence-corrected chi connectivity index (χ1v) is 11.5. The topological polar surface area (TPSA) is 43.9 Å². The fourth-order valence-electron chi connectivity index (χ4n) is 6.83. The van der Waals surface area contributed by atoms with E-state index in [-0.39, 0.29) is 0 Å². The Labute approximate surface area is 163 Å². The number of piperidine rings is 4. The zero-order valence-electron chi connectivity index (χ0n) is 16.7. The maximum Gasteiger partial charge on any atom is 0.225 e. The molecule has 1 aliphatic carbocycles. The highest BCUT2D eigenvalue weighted by atomic mass is 16.2. The molecule has 5 nitrogen and oxygen atoms in total. The van der Waals surface area contributed by atoms with Crippen LogP contribution >= 0.6 is 0 Å². The number of hydrogen-bond donors (Lipinski definition) is 0. The van der Waals surface area contributed by atoms with Crippen molar-refractivity contribution >= 4 is 11.8 Å². The summed E-state index contributed by atoms with van der Waals surface area (Å²) in [5.41, 5.74) is 0. The highest BCUT2D eigenvalue weighted by Gasteiger charge is 2.45. The summed E-state index contributed by atoms with van der Waals surface area (Å²) >= 11 is 0. The molecule has 5 heteroatoms. The van der Waals surface area contributed by atoms with E-state index in [1.165, 1.54) is 32.2 Å². The van der Waals surface area contributed by atoms with Gasteiger partial charge < -0.3 is 9.80 Å². The Hall–Kier alpha value is -1.10. The van der Waals surface area contributed by atoms with Crippen molar-refractivity contribution in [1.82, 2.24) is 14.7 Å². The van der Waals surface area contributed by atoms with Crippen LogP contribution in [0, 0.1) is 17.8 Å². The minimum Gasteiger partial charge on any atom is -0.342 e. The average Bonchev–Trinajstić information content (AvgIpc) is 3.23. The molecule has 27 heavy (non-hydrogen) atoms. The molecule has 0 aromatic heterocycles. The SMILES string of the molecule is O=C(C1CCCC1)N1CCC(N2C[C@H]3C[C@H](C2)[C@H]2CCCC(=O)N2C3)CC1. The molecular weight excluding hydrogens is 338 g/mol. The third kappa shape index (κ3) is 3.41. The maximum absolute atomic E-state index is 12.7. The van der Waals surface area contributed by atoms with E-state index < -0.39 is 0 Å². The van der Waals surface area contributed by atoms with Gasteiger partial charge in [0.15, 0.2) is 0 Å². The van der Waals surface area contributed by atoms with E-state index in [0.717, 1.165) is 64.7 Å². The fourth-order valence-corrected chi connectivity index (χ4v) is 6.83. The molecule has 0 radical (unpaired) electrons. The van der Waals surface area contributed by atoms with E-state index in [1.54, 1.807) is 0 Å². The van der Waals surface area contributed by atoms with Crippen molar-refractivity contribution in [3.8, 4) is 0 Å². The van der Waals surface area contributed by atoms with E-state index in [1.807, 2.05) is 0 Å². The molecule has 0 spiro atoms. The van der Waals surface area contributed by atoms with Crippen molar-refractivity contribution in [1.29, 1.82) is 0 Å². The number of amides is 2. The van der Waals surface area contributed by atoms with Crippen molar-refractivity contribution in [2.24, 2.45) is 17.8 Å². The van der Waals surface area contributed by atoms with Gasteiger partial charge in [-0.25, -0.2) is 0 Å². The van der Waals surface area contributed by atoms with Crippen LogP contribution in [-0.4, -0.2) is 71.3 Å². The van der Waals surface area contributed by atoms with Crippen LogP contribution in [0.3, 0.4) is 0 Å². The molecule has 150 valence electrons. The van der Waals surface area contributed by atoms with Crippen molar-refractivity contribution in [2.75, 3.05) is 32.7 Å². The van der Waals surface area contributed by atoms with Gasteiger partial charge in [0.05, 0.1) is 0 Å². The lowest BCUT2D eigenvalue weighted by atomic mass is 9.75. The highest BCUT2D eigenvalue weighted by Crippen LogP contribution is 2.39. The van der Waals surface area contributed by atoms with E-state index in [0.29, 0.717) is 41.7 Å². The third-order valence-electron chi connectivity index (χ3n) is 8.21. The highest BCUT2D eigenvalue weighted by molar-refractivity contribution is 5.79. The van der Waals surface area contributed by atoms with Gasteiger partial charge in [0.25, 0.3) is 0 Å². The lowest BCUT2D eigenvalue weighted by Crippen LogP contribution is -2.62. The monoisotopic (exact) mass is 373 g/mol. The van der Waals surface area contributed by atoms with Crippen LogP contribution in [0.5, 0.6) is 0 Å². The van der Waals surface area contributed by atoms with Gasteiger partial charge in [-0.15, -0.1) is 0 Å². The molecule has 0 aromatic carbocycles. The summed E-state index contributed by atoms with van der Waals surface area (Å²) in [4.78, 5) is 32.2. The van der Waals surface area contributed by atoms with E-state index in [9.17, 15) is 9.59 Å². The Balaban J connectivity index is 1.18. The van der Waals surface area contributed by atoms with Crippen LogP contribution in [0.4, 0.5) is 0 Å². The molecule has 0 aromatic rings. The first-order valence-electron chi connectivity index (χ1n) is 11.5. The van der Waals surface area contributed by atoms with E-state index >= 15 is 0 Å². The molecule has 5 aliphatic rings. The van der Waals surface area contributed by atoms with Crippen LogP contribution in [0.25, 0.3) is 0 Å². The third-order valence-corrected chi connectivity index (χ3v) is 8.21. The second-order valence-corrected chi connectivity index (χ2v) is 9.86. The quantitative estimate of drug-likeness (QED) is 0.747. The summed E-state index contributed by atoms with van der Waals surface area (Å²) in [6.07, 6.45) is 11.4. The molecule has 2 amide bonds. The van der Waals surface area contributed by atoms with E-state index in [2.05, 4.69) is 14.7 Å². The summed E-state index contributed by atoms with van der Waals surface area (Å²) in [6, 6.07) is 1.16. The summed E-state index contributed by atoms with van der Waals surface area (Å²) in [6.45, 7) is 5.25. The van der Waals surface area contributed by atoms with Crippen LogP contribution in [0.1, 0.15) is 64.2 Å². The number of carbonyl (C=O) groups excluding carboxylic acids is 2. The van der Waals surface area contributed by atoms with Crippen LogP contribution in [0.15, 0.2) is 0 Å². The van der Waals surface area contributed by atoms with Crippen molar-refractivity contribution in [3.05, 3.63) is 0 Å². The summed E-state index contributed by atoms with van der Waals surface area (Å²) in [5, 5.41) is 0. The molecule has 0 unspecified atom stereocenters. The number of fused-ring (bicyclic) bond motifs is 4. The standard InChI is InChI=1S/C22H35N3O2/c26-21-7-3-6-20-18-12-16(14-25(20)21)13-24(15-18)19-8-10-23(11-9-19)22(27)17-4-1-2-5-17/h16-20H,1-15H2/t16-,18-,20-/m1/s1. The second kappa shape index (κ2) is 7.38. The first kappa shape index (κ1) is 18.0. The van der Waals surface area contributed by atoms with Gasteiger partial charge in [-0.3, -0.25) is 14.5 Å². The van der Waals surface area contributed by atoms with Gasteiger partial charge in [-0.1, -0.05) is 12.8 Å². The average molecular weight is 374 g/mol. The summed E-state index contributed by atoms with van der Waals surface area (Å²) in [7, 11) is 0. The molecule has 4 aliphatic heterocycles. The minimum atomic E-state index is 0.325. The van der Waals surface area contributed by atoms with Gasteiger partial charge in [0, 0.05) is 57.1 Å². The zero-order valence-corrected chi connectivity index (χ0v) is 16.7. The van der Waals surface area contributed by atoms with Gasteiger partial charge in [0.2, 0.25) is 11.8 Å². The maximum atomic E-state index is 12.7. The fraction of sp³-hybridized carbons (Fsp3) is 0.909. The molecular formula is C22H35N3O2. The second-order valence-electron chi connectivity index (χ2n) is 9.86. The molecule has 3 atom stereocenters. The molecule has 5 fully saturated rings. The summed E-state index contributed by atoms with van der Waals surface area (Å²) in [5.74, 6) is 2.52. The Bertz CT molecular complexity index is 580. The van der Waals surface area contributed by atoms with Crippen LogP contribution in [-0.2, 0) is 9.59 Å². The van der Waals surface area contributed by atoms with Gasteiger partial charge in [-0.2, -0.15) is 0 Å². The van der Waals surface area contributed by atoms with Gasteiger partial charge in [-0.05, 0) is 56.8 Å². The lowest BCUT2D eigenvalue weighted by molar-refractivity contribution is -0.146. The van der Waals surface area contributed by atoms with Crippen molar-refractivity contribution < 1.29 is 9.59 Å². The number of rotatable bonds is 2. The van der Waals surface area contributed by atoms with Gasteiger partial charge in [0.1, 0.15) is 0 Å². The molecule has 1 saturated carbocycles. The van der Waals surface area contributed by atoms with Gasteiger partial charge >= 0.3 is 0 Å². The molecule has 4 heterocycles. The lowest BCUT2D eigenvalue weighted by Gasteiger charge is -2.54. The Kier molecular flexibility index (Phi) is 4.91.